The van der Waals surface area contributed by atoms with Crippen LogP contribution in [0.3, 0.4) is 0 Å². The molecule has 1 aromatic carbocycles. The van der Waals surface area contributed by atoms with E-state index in [4.69, 9.17) is 5.73 Å². The van der Waals surface area contributed by atoms with Crippen LogP contribution in [0.5, 0.6) is 0 Å². The zero-order chi connectivity index (χ0) is 11.4. The standard InChI is InChI=1S/C10H6Br2FNO/c11-6-4-8(12)7(9(13)5-6)2-1-3-10(14)15/h4-5H,3H2,(H2,14,15). The Balaban J connectivity index is 3.03. The van der Waals surface area contributed by atoms with Gasteiger partial charge in [-0.1, -0.05) is 27.8 Å². The van der Waals surface area contributed by atoms with Gasteiger partial charge >= 0.3 is 0 Å². The van der Waals surface area contributed by atoms with E-state index in [0.717, 1.165) is 0 Å². The summed E-state index contributed by atoms with van der Waals surface area (Å²) in [6, 6.07) is 2.98. The summed E-state index contributed by atoms with van der Waals surface area (Å²) in [6.07, 6.45) is -0.0814. The third-order valence-electron chi connectivity index (χ3n) is 1.48. The molecule has 5 heteroatoms. The Morgan fingerprint density at radius 1 is 1.47 bits per heavy atom. The van der Waals surface area contributed by atoms with Crippen molar-refractivity contribution < 1.29 is 9.18 Å². The molecule has 0 radical (unpaired) electrons. The third-order valence-corrected chi connectivity index (χ3v) is 2.57. The van der Waals surface area contributed by atoms with E-state index in [9.17, 15) is 9.18 Å². The molecule has 0 aliphatic carbocycles. The number of carbonyl (C=O) groups excluding carboxylic acids is 1. The van der Waals surface area contributed by atoms with E-state index < -0.39 is 11.7 Å². The Hall–Kier alpha value is -0.860. The number of amides is 1. The lowest BCUT2D eigenvalue weighted by Gasteiger charge is -1.99. The van der Waals surface area contributed by atoms with Gasteiger partial charge in [-0.3, -0.25) is 4.79 Å². The normalized spacial score (nSPS) is 9.27. The van der Waals surface area contributed by atoms with E-state index >= 15 is 0 Å². The minimum atomic E-state index is -0.531. The van der Waals surface area contributed by atoms with Crippen LogP contribution in [-0.2, 0) is 4.79 Å². The highest BCUT2D eigenvalue weighted by atomic mass is 79.9. The molecule has 0 saturated carbocycles. The fourth-order valence-electron chi connectivity index (χ4n) is 0.881. The van der Waals surface area contributed by atoms with Gasteiger partial charge in [0, 0.05) is 8.95 Å². The zero-order valence-corrected chi connectivity index (χ0v) is 10.7. The highest BCUT2D eigenvalue weighted by Crippen LogP contribution is 2.24. The van der Waals surface area contributed by atoms with Crippen molar-refractivity contribution in [2.75, 3.05) is 0 Å². The first-order chi connectivity index (χ1) is 7.00. The quantitative estimate of drug-likeness (QED) is 0.788. The Morgan fingerprint density at radius 3 is 2.67 bits per heavy atom. The highest BCUT2D eigenvalue weighted by molar-refractivity contribution is 9.11. The van der Waals surface area contributed by atoms with Gasteiger partial charge in [-0.05, 0) is 28.1 Å². The molecule has 1 amide bonds. The SMILES string of the molecule is NC(=O)CC#Cc1c(F)cc(Br)cc1Br. The number of hydrogen-bond donors (Lipinski definition) is 1. The average Bonchev–Trinajstić information content (AvgIpc) is 2.08. The monoisotopic (exact) mass is 333 g/mol. The Labute approximate surface area is 103 Å². The molecule has 0 spiro atoms. The van der Waals surface area contributed by atoms with Crippen molar-refractivity contribution in [3.05, 3.63) is 32.5 Å². The summed E-state index contributed by atoms with van der Waals surface area (Å²) in [5.41, 5.74) is 5.12. The van der Waals surface area contributed by atoms with E-state index in [0.29, 0.717) is 8.95 Å². The first kappa shape index (κ1) is 12.2. The van der Waals surface area contributed by atoms with Crippen LogP contribution in [0.2, 0.25) is 0 Å². The number of primary amides is 1. The largest absolute Gasteiger partial charge is 0.369 e. The van der Waals surface area contributed by atoms with Crippen molar-refractivity contribution in [3.8, 4) is 11.8 Å². The topological polar surface area (TPSA) is 43.1 Å². The predicted octanol–water partition coefficient (Wildman–Crippen LogP) is 2.58. The van der Waals surface area contributed by atoms with Crippen molar-refractivity contribution in [3.63, 3.8) is 0 Å². The Kier molecular flexibility index (Phi) is 4.30. The van der Waals surface area contributed by atoms with Crippen LogP contribution in [0.15, 0.2) is 21.1 Å². The van der Waals surface area contributed by atoms with Crippen LogP contribution in [-0.4, -0.2) is 5.91 Å². The summed E-state index contributed by atoms with van der Waals surface area (Å²) >= 11 is 6.32. The minimum absolute atomic E-state index is 0.0814. The van der Waals surface area contributed by atoms with E-state index in [1.807, 2.05) is 0 Å². The van der Waals surface area contributed by atoms with E-state index in [1.54, 1.807) is 6.07 Å². The van der Waals surface area contributed by atoms with Crippen LogP contribution in [0.4, 0.5) is 4.39 Å². The molecule has 2 N–H and O–H groups in total. The Bertz CT molecular complexity index is 439. The number of benzene rings is 1. The third kappa shape index (κ3) is 3.65. The first-order valence-electron chi connectivity index (χ1n) is 3.92. The lowest BCUT2D eigenvalue weighted by Crippen LogP contribution is -2.08. The lowest BCUT2D eigenvalue weighted by molar-refractivity contribution is -0.117. The van der Waals surface area contributed by atoms with Gasteiger partial charge in [0.15, 0.2) is 0 Å². The molecule has 15 heavy (non-hydrogen) atoms. The fourth-order valence-corrected chi connectivity index (χ4v) is 2.15. The number of nitrogens with two attached hydrogens (primary N) is 1. The second-order valence-electron chi connectivity index (χ2n) is 2.69. The summed E-state index contributed by atoms with van der Waals surface area (Å²) < 4.78 is 14.5. The average molecular weight is 335 g/mol. The van der Waals surface area contributed by atoms with Gasteiger partial charge in [0.05, 0.1) is 12.0 Å². The van der Waals surface area contributed by atoms with Crippen LogP contribution >= 0.6 is 31.9 Å². The lowest BCUT2D eigenvalue weighted by atomic mass is 10.2. The molecule has 1 aromatic rings. The van der Waals surface area contributed by atoms with Gasteiger partial charge < -0.3 is 5.73 Å². The zero-order valence-electron chi connectivity index (χ0n) is 7.48. The molecule has 0 aromatic heterocycles. The van der Waals surface area contributed by atoms with E-state index in [2.05, 4.69) is 43.7 Å². The molecule has 0 aliphatic rings. The molecule has 0 bridgehead atoms. The van der Waals surface area contributed by atoms with E-state index in [-0.39, 0.29) is 12.0 Å². The number of carbonyl (C=O) groups is 1. The fraction of sp³-hybridized carbons (Fsp3) is 0.100. The number of rotatable bonds is 1. The summed E-state index contributed by atoms with van der Waals surface area (Å²) in [5.74, 6) is 4.06. The molecular weight excluding hydrogens is 329 g/mol. The molecule has 1 rings (SSSR count). The van der Waals surface area contributed by atoms with E-state index in [1.165, 1.54) is 6.07 Å². The molecule has 2 nitrogen and oxygen atoms in total. The van der Waals surface area contributed by atoms with Gasteiger partial charge in [0.1, 0.15) is 5.82 Å². The van der Waals surface area contributed by atoms with Crippen molar-refractivity contribution in [2.45, 2.75) is 6.42 Å². The molecule has 78 valence electrons. The van der Waals surface area contributed by atoms with Crippen molar-refractivity contribution in [1.82, 2.24) is 0 Å². The maximum atomic E-state index is 13.4. The van der Waals surface area contributed by atoms with Gasteiger partial charge in [-0.2, -0.15) is 0 Å². The maximum absolute atomic E-state index is 13.4. The highest BCUT2D eigenvalue weighted by Gasteiger charge is 2.05. The molecule has 0 fully saturated rings. The van der Waals surface area contributed by atoms with Gasteiger partial charge in [-0.25, -0.2) is 4.39 Å². The van der Waals surface area contributed by atoms with Crippen LogP contribution < -0.4 is 5.73 Å². The summed E-state index contributed by atoms with van der Waals surface area (Å²) in [5, 5.41) is 0. The predicted molar refractivity (Wildman–Crippen MR) is 62.5 cm³/mol. The van der Waals surface area contributed by atoms with Crippen molar-refractivity contribution >= 4 is 37.8 Å². The van der Waals surface area contributed by atoms with Crippen LogP contribution in [0.25, 0.3) is 0 Å². The van der Waals surface area contributed by atoms with Gasteiger partial charge in [-0.15, -0.1) is 0 Å². The molecule has 0 unspecified atom stereocenters. The van der Waals surface area contributed by atoms with Crippen LogP contribution in [0, 0.1) is 17.7 Å². The summed E-state index contributed by atoms with van der Waals surface area (Å²) in [7, 11) is 0. The smallest absolute Gasteiger partial charge is 0.229 e. The minimum Gasteiger partial charge on any atom is -0.369 e. The van der Waals surface area contributed by atoms with Crippen molar-refractivity contribution in [2.24, 2.45) is 5.73 Å². The second-order valence-corrected chi connectivity index (χ2v) is 4.46. The number of halogens is 3. The maximum Gasteiger partial charge on any atom is 0.229 e. The molecule has 0 heterocycles. The van der Waals surface area contributed by atoms with Gasteiger partial charge in [0.2, 0.25) is 5.91 Å². The summed E-state index contributed by atoms with van der Waals surface area (Å²) in [6.45, 7) is 0. The molecular formula is C10H6Br2FNO. The first-order valence-corrected chi connectivity index (χ1v) is 5.51. The van der Waals surface area contributed by atoms with Crippen LogP contribution in [0.1, 0.15) is 12.0 Å². The molecule has 0 saturated heterocycles. The number of hydrogen-bond acceptors (Lipinski definition) is 1. The molecule has 0 atom stereocenters. The molecule has 0 aliphatic heterocycles. The second kappa shape index (κ2) is 5.29. The summed E-state index contributed by atoms with van der Waals surface area (Å²) in [4.78, 5) is 10.4. The van der Waals surface area contributed by atoms with Gasteiger partial charge in [0.25, 0.3) is 0 Å². The Morgan fingerprint density at radius 2 is 2.13 bits per heavy atom. The van der Waals surface area contributed by atoms with Crippen molar-refractivity contribution in [1.29, 1.82) is 0 Å².